The number of carbonyl (C=O) groups is 1. The van der Waals surface area contributed by atoms with E-state index in [1.165, 1.54) is 32.2 Å². The van der Waals surface area contributed by atoms with E-state index >= 15 is 0 Å². The summed E-state index contributed by atoms with van der Waals surface area (Å²) in [4.78, 5) is 31.3. The fraction of sp³-hybridized carbons (Fsp3) is 0.348. The summed E-state index contributed by atoms with van der Waals surface area (Å²) in [6.45, 7) is 3.74. The van der Waals surface area contributed by atoms with E-state index in [1.807, 2.05) is 0 Å². The Hall–Kier alpha value is -2.98. The van der Waals surface area contributed by atoms with Crippen LogP contribution in [-0.2, 0) is 4.74 Å². The number of pyridine rings is 2. The normalized spacial score (nSPS) is 25.1. The first-order valence-electron chi connectivity index (χ1n) is 10.3. The van der Waals surface area contributed by atoms with Crippen molar-refractivity contribution in [2.45, 2.75) is 44.6 Å². The van der Waals surface area contributed by atoms with Crippen molar-refractivity contribution in [3.63, 3.8) is 0 Å². The van der Waals surface area contributed by atoms with Gasteiger partial charge < -0.3 is 15.5 Å². The molecule has 3 heterocycles. The lowest BCUT2D eigenvalue weighted by Gasteiger charge is -2.32. The molecule has 4 atom stereocenters. The Morgan fingerprint density at radius 2 is 1.97 bits per heavy atom. The molecule has 0 saturated carbocycles. The van der Waals surface area contributed by atoms with Crippen molar-refractivity contribution < 1.29 is 27.1 Å². The van der Waals surface area contributed by atoms with Gasteiger partial charge in [-0.1, -0.05) is 24.6 Å². The summed E-state index contributed by atoms with van der Waals surface area (Å²) in [6.07, 6.45) is -4.79. The minimum Gasteiger partial charge on any atom is -0.364 e. The van der Waals surface area contributed by atoms with E-state index in [0.29, 0.717) is 0 Å². The van der Waals surface area contributed by atoms with Crippen molar-refractivity contribution in [2.24, 2.45) is 11.7 Å². The molecule has 6 nitrogen and oxygen atoms in total. The third-order valence-electron chi connectivity index (χ3n) is 6.68. The smallest absolute Gasteiger partial charge is 0.364 e. The fourth-order valence-corrected chi connectivity index (χ4v) is 4.84. The predicted octanol–water partition coefficient (Wildman–Crippen LogP) is 4.94. The van der Waals surface area contributed by atoms with Crippen LogP contribution in [0.2, 0.25) is 5.02 Å². The number of primary amides is 1. The molecule has 0 radical (unpaired) electrons. The Morgan fingerprint density at radius 1 is 1.29 bits per heavy atom. The second-order valence-corrected chi connectivity index (χ2v) is 8.95. The number of aromatic amines is 1. The van der Waals surface area contributed by atoms with Gasteiger partial charge in [-0.3, -0.25) is 14.6 Å². The number of carbonyl (C=O) groups excluding carboxylic acids is 1. The number of alkyl halides is 3. The molecule has 3 aromatic rings. The Kier molecular flexibility index (Phi) is 5.72. The molecule has 1 amide bonds. The van der Waals surface area contributed by atoms with Crippen molar-refractivity contribution >= 4 is 28.4 Å². The molecule has 1 aliphatic rings. The highest BCUT2D eigenvalue weighted by atomic mass is 35.5. The van der Waals surface area contributed by atoms with Crippen LogP contribution in [-0.4, -0.2) is 27.7 Å². The number of nitrogens with one attached hydrogen (secondary N) is 1. The molecule has 0 bridgehead atoms. The molecule has 1 aromatic carbocycles. The van der Waals surface area contributed by atoms with Gasteiger partial charge in [0.2, 0.25) is 0 Å². The molecule has 180 valence electrons. The third-order valence-corrected chi connectivity index (χ3v) is 7.18. The van der Waals surface area contributed by atoms with Gasteiger partial charge >= 0.3 is 6.18 Å². The Balaban J connectivity index is 1.96. The zero-order valence-corrected chi connectivity index (χ0v) is 19.0. The summed E-state index contributed by atoms with van der Waals surface area (Å²) in [5.41, 5.74) is 2.34. The van der Waals surface area contributed by atoms with Crippen molar-refractivity contribution in [1.29, 1.82) is 0 Å². The summed E-state index contributed by atoms with van der Waals surface area (Å²) in [7, 11) is 0. The third kappa shape index (κ3) is 3.56. The molecule has 0 spiro atoms. The SMILES string of the molecule is Cc1c(F)ccc([C@@H]2[C@@H](c3cc(=O)c4c(C(N)=O)nccc4[nH]3)O[C@](C)(C(F)(F)F)[C@@H]2C)c1Cl. The van der Waals surface area contributed by atoms with E-state index in [4.69, 9.17) is 22.1 Å². The van der Waals surface area contributed by atoms with Gasteiger partial charge in [0.05, 0.1) is 10.9 Å². The predicted molar refractivity (Wildman–Crippen MR) is 117 cm³/mol. The molecule has 0 aliphatic carbocycles. The fourth-order valence-electron chi connectivity index (χ4n) is 4.56. The van der Waals surface area contributed by atoms with Gasteiger partial charge in [-0.15, -0.1) is 0 Å². The highest BCUT2D eigenvalue weighted by molar-refractivity contribution is 6.32. The van der Waals surface area contributed by atoms with E-state index in [0.717, 1.165) is 19.1 Å². The number of halogens is 5. The summed E-state index contributed by atoms with van der Waals surface area (Å²) in [6, 6.07) is 4.93. The van der Waals surface area contributed by atoms with E-state index in [-0.39, 0.29) is 38.4 Å². The van der Waals surface area contributed by atoms with Gasteiger partial charge in [0.15, 0.2) is 11.0 Å². The van der Waals surface area contributed by atoms with Crippen LogP contribution in [0.25, 0.3) is 10.9 Å². The van der Waals surface area contributed by atoms with E-state index in [1.54, 1.807) is 0 Å². The molecule has 1 aliphatic heterocycles. The minimum absolute atomic E-state index is 0.0137. The van der Waals surface area contributed by atoms with Crippen LogP contribution < -0.4 is 11.2 Å². The number of fused-ring (bicyclic) bond motifs is 1. The number of H-pyrrole nitrogens is 1. The number of amides is 1. The number of hydrogen-bond donors (Lipinski definition) is 2. The summed E-state index contributed by atoms with van der Waals surface area (Å²) < 4.78 is 62.1. The number of aromatic nitrogens is 2. The van der Waals surface area contributed by atoms with E-state index < -0.39 is 46.9 Å². The van der Waals surface area contributed by atoms with Gasteiger partial charge in [0.25, 0.3) is 5.91 Å². The molecule has 1 saturated heterocycles. The van der Waals surface area contributed by atoms with Crippen LogP contribution in [0, 0.1) is 18.7 Å². The molecule has 34 heavy (non-hydrogen) atoms. The van der Waals surface area contributed by atoms with Crippen molar-refractivity contribution in [3.8, 4) is 0 Å². The summed E-state index contributed by atoms with van der Waals surface area (Å²) in [5.74, 6) is -3.66. The van der Waals surface area contributed by atoms with Crippen LogP contribution in [0.4, 0.5) is 17.6 Å². The second kappa shape index (κ2) is 8.06. The first-order chi connectivity index (χ1) is 15.8. The largest absolute Gasteiger partial charge is 0.417 e. The van der Waals surface area contributed by atoms with E-state index in [9.17, 15) is 27.2 Å². The van der Waals surface area contributed by atoms with Crippen LogP contribution in [0.15, 0.2) is 35.3 Å². The second-order valence-electron chi connectivity index (χ2n) is 8.57. The van der Waals surface area contributed by atoms with E-state index in [2.05, 4.69) is 9.97 Å². The van der Waals surface area contributed by atoms with Gasteiger partial charge in [0, 0.05) is 40.4 Å². The summed E-state index contributed by atoms with van der Waals surface area (Å²) >= 11 is 6.38. The highest BCUT2D eigenvalue weighted by Crippen LogP contribution is 2.59. The molecule has 3 N–H and O–H groups in total. The van der Waals surface area contributed by atoms with Crippen LogP contribution in [0.3, 0.4) is 0 Å². The molecule has 4 rings (SSSR count). The Labute approximate surface area is 196 Å². The van der Waals surface area contributed by atoms with Gasteiger partial charge in [-0.2, -0.15) is 13.2 Å². The van der Waals surface area contributed by atoms with Crippen molar-refractivity contribution in [3.05, 3.63) is 74.0 Å². The molecule has 2 aromatic heterocycles. The molecule has 1 fully saturated rings. The number of nitrogens with zero attached hydrogens (tertiary/aromatic N) is 1. The average Bonchev–Trinajstić information content (AvgIpc) is 3.03. The number of hydrogen-bond acceptors (Lipinski definition) is 4. The number of benzene rings is 1. The lowest BCUT2D eigenvalue weighted by molar-refractivity contribution is -0.275. The maximum absolute atomic E-state index is 14.1. The van der Waals surface area contributed by atoms with Crippen LogP contribution in [0.5, 0.6) is 0 Å². The van der Waals surface area contributed by atoms with Gasteiger partial charge in [0.1, 0.15) is 17.6 Å². The Morgan fingerprint density at radius 3 is 2.59 bits per heavy atom. The number of ether oxygens (including phenoxy) is 1. The number of rotatable bonds is 3. The lowest BCUT2D eigenvalue weighted by atomic mass is 9.76. The molecular formula is C23H20ClF4N3O3. The van der Waals surface area contributed by atoms with Crippen molar-refractivity contribution in [2.75, 3.05) is 0 Å². The monoisotopic (exact) mass is 497 g/mol. The first kappa shape index (κ1) is 24.2. The van der Waals surface area contributed by atoms with Gasteiger partial charge in [-0.05, 0) is 31.5 Å². The van der Waals surface area contributed by atoms with Gasteiger partial charge in [-0.25, -0.2) is 4.39 Å². The summed E-state index contributed by atoms with van der Waals surface area (Å²) in [5, 5.41) is -0.101. The highest BCUT2D eigenvalue weighted by Gasteiger charge is 2.64. The average molecular weight is 498 g/mol. The quantitative estimate of drug-likeness (QED) is 0.501. The molecular weight excluding hydrogens is 478 g/mol. The molecule has 0 unspecified atom stereocenters. The minimum atomic E-state index is -4.75. The topological polar surface area (TPSA) is 98.1 Å². The first-order valence-corrected chi connectivity index (χ1v) is 10.7. The standard InChI is InChI=1S/C23H20ClF4N3O3/c1-9-12(25)5-4-11(18(9)24)16-10(2)22(3,23(26,27)28)34-20(16)14-8-15(32)17-13(31-14)6-7-30-19(17)21(29)33/h4-8,10,16,20H,1-3H3,(H2,29,33)(H,31,32)/t10-,16-,20-,22+/m1/s1. The zero-order chi connectivity index (χ0) is 25.2. The number of nitrogens with two attached hydrogens (primary N) is 1. The maximum atomic E-state index is 14.1. The van der Waals surface area contributed by atoms with Crippen LogP contribution in [0.1, 0.15) is 53.2 Å². The lowest BCUT2D eigenvalue weighted by Crippen LogP contribution is -2.46. The Bertz CT molecular complexity index is 1370. The van der Waals surface area contributed by atoms with Crippen molar-refractivity contribution in [1.82, 2.24) is 9.97 Å². The maximum Gasteiger partial charge on any atom is 0.417 e. The van der Waals surface area contributed by atoms with Crippen LogP contribution >= 0.6 is 11.6 Å². The molecule has 11 heteroatoms. The zero-order valence-electron chi connectivity index (χ0n) is 18.3.